The molecule has 1 aromatic rings. The zero-order chi connectivity index (χ0) is 16.8. The average molecular weight is 464 g/mol. The molecule has 3 rings (SSSR count). The van der Waals surface area contributed by atoms with Crippen LogP contribution in [0.15, 0.2) is 25.0 Å². The number of guanidine groups is 2. The summed E-state index contributed by atoms with van der Waals surface area (Å²) in [4.78, 5) is 10.9. The second-order valence-corrected chi connectivity index (χ2v) is 8.00. The van der Waals surface area contributed by atoms with Gasteiger partial charge in [-0.2, -0.15) is 4.99 Å². The van der Waals surface area contributed by atoms with E-state index in [9.17, 15) is 0 Å². The van der Waals surface area contributed by atoms with Gasteiger partial charge in [-0.25, -0.2) is 4.99 Å². The number of halogens is 3. The van der Waals surface area contributed by atoms with Gasteiger partial charge < -0.3 is 11.5 Å². The molecule has 8 heteroatoms. The molecule has 4 N–H and O–H groups in total. The fraction of sp³-hybridized carbons (Fsp3) is 0.467. The summed E-state index contributed by atoms with van der Waals surface area (Å²) in [5, 5.41) is 0.604. The van der Waals surface area contributed by atoms with Crippen LogP contribution in [0.25, 0.3) is 0 Å². The summed E-state index contributed by atoms with van der Waals surface area (Å²) in [5.74, 6) is 0.610. The maximum absolute atomic E-state index is 6.42. The lowest BCUT2D eigenvalue weighted by Crippen LogP contribution is -2.58. The highest BCUT2D eigenvalue weighted by Gasteiger charge is 2.44. The number of benzene rings is 1. The Morgan fingerprint density at radius 1 is 1.22 bits per heavy atom. The van der Waals surface area contributed by atoms with Crippen LogP contribution >= 0.6 is 43.5 Å². The zero-order valence-corrected chi connectivity index (χ0v) is 16.7. The molecular weight excluding hydrogens is 445 g/mol. The summed E-state index contributed by atoms with van der Waals surface area (Å²) in [5.41, 5.74) is 13.6. The Kier molecular flexibility index (Phi) is 4.64. The van der Waals surface area contributed by atoms with Gasteiger partial charge in [0.15, 0.2) is 0 Å². The number of rotatable bonds is 1. The van der Waals surface area contributed by atoms with E-state index in [1.165, 1.54) is 6.42 Å². The first kappa shape index (κ1) is 17.0. The van der Waals surface area contributed by atoms with Gasteiger partial charge >= 0.3 is 0 Å². The minimum absolute atomic E-state index is 0.248. The minimum Gasteiger partial charge on any atom is -0.369 e. The van der Waals surface area contributed by atoms with Crippen molar-refractivity contribution in [3.05, 3.63) is 25.6 Å². The molecule has 0 atom stereocenters. The first-order valence-corrected chi connectivity index (χ1v) is 9.46. The second-order valence-electron chi connectivity index (χ2n) is 5.97. The Hall–Kier alpha value is -0.790. The molecule has 124 valence electrons. The van der Waals surface area contributed by atoms with Crippen molar-refractivity contribution >= 4 is 61.1 Å². The molecule has 0 radical (unpaired) electrons. The van der Waals surface area contributed by atoms with Crippen molar-refractivity contribution in [1.29, 1.82) is 0 Å². The van der Waals surface area contributed by atoms with E-state index in [0.29, 0.717) is 11.0 Å². The van der Waals surface area contributed by atoms with Crippen LogP contribution < -0.4 is 16.4 Å². The van der Waals surface area contributed by atoms with E-state index in [1.54, 1.807) is 0 Å². The molecular formula is C15H18Br2ClN5. The van der Waals surface area contributed by atoms with Crippen LogP contribution in [0.1, 0.15) is 37.7 Å². The van der Waals surface area contributed by atoms with Gasteiger partial charge in [0.1, 0.15) is 5.66 Å². The molecule has 2 aliphatic rings. The third kappa shape index (κ3) is 2.87. The molecule has 1 aliphatic carbocycles. The fourth-order valence-electron chi connectivity index (χ4n) is 3.42. The molecule has 0 aromatic heterocycles. The minimum atomic E-state index is -0.474. The summed E-state index contributed by atoms with van der Waals surface area (Å²) >= 11 is 13.5. The van der Waals surface area contributed by atoms with Gasteiger partial charge in [0, 0.05) is 4.47 Å². The Balaban J connectivity index is 2.21. The van der Waals surface area contributed by atoms with Gasteiger partial charge in [0.25, 0.3) is 0 Å². The predicted octanol–water partition coefficient (Wildman–Crippen LogP) is 4.28. The zero-order valence-electron chi connectivity index (χ0n) is 12.7. The van der Waals surface area contributed by atoms with Crippen LogP contribution in [0, 0.1) is 6.92 Å². The molecule has 1 spiro atoms. The number of hydrogen-bond donors (Lipinski definition) is 2. The summed E-state index contributed by atoms with van der Waals surface area (Å²) in [6.07, 6.45) is 5.15. The van der Waals surface area contributed by atoms with Crippen LogP contribution in [-0.2, 0) is 0 Å². The van der Waals surface area contributed by atoms with Crippen molar-refractivity contribution in [2.75, 3.05) is 4.90 Å². The van der Waals surface area contributed by atoms with Gasteiger partial charge in [-0.3, -0.25) is 4.90 Å². The Labute approximate surface area is 157 Å². The quantitative estimate of drug-likeness (QED) is 0.610. The monoisotopic (exact) mass is 461 g/mol. The third-order valence-electron chi connectivity index (χ3n) is 4.40. The van der Waals surface area contributed by atoms with E-state index in [2.05, 4.69) is 36.9 Å². The van der Waals surface area contributed by atoms with Crippen molar-refractivity contribution in [1.82, 2.24) is 0 Å². The predicted molar refractivity (Wildman–Crippen MR) is 103 cm³/mol. The van der Waals surface area contributed by atoms with Crippen LogP contribution in [-0.4, -0.2) is 17.6 Å². The second kappa shape index (κ2) is 6.26. The number of anilines is 1. The molecule has 0 amide bonds. The molecule has 1 aliphatic heterocycles. The fourth-order valence-corrected chi connectivity index (χ4v) is 5.08. The number of nitrogens with two attached hydrogens (primary N) is 2. The van der Waals surface area contributed by atoms with E-state index in [1.807, 2.05) is 17.9 Å². The Morgan fingerprint density at radius 3 is 2.52 bits per heavy atom. The SMILES string of the molecule is Cc1cc(Br)c(Cl)c(Br)c1N1C(N)=NC(N)=NC12CCCCC2. The van der Waals surface area contributed by atoms with Crippen LogP contribution in [0.4, 0.5) is 5.69 Å². The average Bonchev–Trinajstić information content (AvgIpc) is 2.48. The molecule has 1 heterocycles. The van der Waals surface area contributed by atoms with E-state index in [-0.39, 0.29) is 5.96 Å². The smallest absolute Gasteiger partial charge is 0.220 e. The van der Waals surface area contributed by atoms with E-state index >= 15 is 0 Å². The lowest BCUT2D eigenvalue weighted by atomic mass is 9.87. The van der Waals surface area contributed by atoms with Gasteiger partial charge in [-0.05, 0) is 76.1 Å². The van der Waals surface area contributed by atoms with E-state index in [4.69, 9.17) is 28.1 Å². The van der Waals surface area contributed by atoms with Crippen molar-refractivity contribution in [2.45, 2.75) is 44.7 Å². The molecule has 0 unspecified atom stereocenters. The molecule has 1 fully saturated rings. The molecule has 1 aromatic carbocycles. The normalized spacial score (nSPS) is 20.4. The number of nitrogens with zero attached hydrogens (tertiary/aromatic N) is 3. The maximum Gasteiger partial charge on any atom is 0.220 e. The molecule has 1 saturated carbocycles. The maximum atomic E-state index is 6.42. The third-order valence-corrected chi connectivity index (χ3v) is 6.65. The summed E-state index contributed by atoms with van der Waals surface area (Å²) in [6.45, 7) is 2.02. The van der Waals surface area contributed by atoms with Gasteiger partial charge in [-0.1, -0.05) is 18.0 Å². The lowest BCUT2D eigenvalue weighted by molar-refractivity contribution is 0.305. The van der Waals surface area contributed by atoms with E-state index in [0.717, 1.165) is 45.9 Å². The van der Waals surface area contributed by atoms with Crippen molar-refractivity contribution < 1.29 is 0 Å². The van der Waals surface area contributed by atoms with Crippen molar-refractivity contribution in [2.24, 2.45) is 21.5 Å². The summed E-state index contributed by atoms with van der Waals surface area (Å²) < 4.78 is 1.62. The van der Waals surface area contributed by atoms with Gasteiger partial charge in [-0.15, -0.1) is 0 Å². The lowest BCUT2D eigenvalue weighted by Gasteiger charge is -2.46. The first-order valence-electron chi connectivity index (χ1n) is 7.49. The highest BCUT2D eigenvalue weighted by molar-refractivity contribution is 9.11. The summed E-state index contributed by atoms with van der Waals surface area (Å²) in [7, 11) is 0. The number of hydrogen-bond acceptors (Lipinski definition) is 5. The largest absolute Gasteiger partial charge is 0.369 e. The van der Waals surface area contributed by atoms with Crippen LogP contribution in [0.5, 0.6) is 0 Å². The molecule has 0 saturated heterocycles. The first-order chi connectivity index (χ1) is 10.9. The van der Waals surface area contributed by atoms with Gasteiger partial charge in [0.2, 0.25) is 11.9 Å². The van der Waals surface area contributed by atoms with E-state index < -0.39 is 5.66 Å². The van der Waals surface area contributed by atoms with Crippen molar-refractivity contribution in [3.63, 3.8) is 0 Å². The summed E-state index contributed by atoms with van der Waals surface area (Å²) in [6, 6.07) is 1.98. The van der Waals surface area contributed by atoms with Crippen molar-refractivity contribution in [3.8, 4) is 0 Å². The highest BCUT2D eigenvalue weighted by Crippen LogP contribution is 2.46. The standard InChI is InChI=1S/C15H18Br2ClN5/c1-8-7-9(16)11(18)10(17)12(8)23-14(20)21-13(19)22-15(23)5-3-2-4-6-15/h7H,2-6H2,1H3,(H4,19,20,21,22). The number of aryl methyl sites for hydroxylation is 1. The van der Waals surface area contributed by atoms with Gasteiger partial charge in [0.05, 0.1) is 15.2 Å². The number of aliphatic imine (C=N–C) groups is 2. The Bertz CT molecular complexity index is 710. The topological polar surface area (TPSA) is 80.0 Å². The van der Waals surface area contributed by atoms with Crippen LogP contribution in [0.3, 0.4) is 0 Å². The molecule has 23 heavy (non-hydrogen) atoms. The van der Waals surface area contributed by atoms with Crippen LogP contribution in [0.2, 0.25) is 5.02 Å². The molecule has 5 nitrogen and oxygen atoms in total. The Morgan fingerprint density at radius 2 is 1.87 bits per heavy atom. The molecule has 0 bridgehead atoms. The highest BCUT2D eigenvalue weighted by atomic mass is 79.9.